The number of halogens is 1. The van der Waals surface area contributed by atoms with Crippen molar-refractivity contribution in [2.45, 2.75) is 23.7 Å². The van der Waals surface area contributed by atoms with Crippen molar-refractivity contribution < 1.29 is 17.6 Å². The topological polar surface area (TPSA) is 66.5 Å². The molecule has 2 aromatic carbocycles. The van der Waals surface area contributed by atoms with Gasteiger partial charge in [-0.25, -0.2) is 17.6 Å². The Labute approximate surface area is 152 Å². The lowest BCUT2D eigenvalue weighted by atomic mass is 9.91. The maximum atomic E-state index is 13.7. The molecule has 138 valence electrons. The normalized spacial score (nSPS) is 17.8. The van der Waals surface area contributed by atoms with Crippen LogP contribution >= 0.6 is 0 Å². The minimum absolute atomic E-state index is 0.263. The second kappa shape index (κ2) is 7.45. The van der Waals surface area contributed by atoms with Crippen LogP contribution in [-0.4, -0.2) is 38.7 Å². The first-order valence-corrected chi connectivity index (χ1v) is 10.3. The second-order valence-electron chi connectivity index (χ2n) is 6.54. The highest BCUT2D eigenvalue weighted by molar-refractivity contribution is 7.90. The maximum Gasteiger partial charge on any atom is 0.321 e. The van der Waals surface area contributed by atoms with Crippen molar-refractivity contribution in [3.05, 3.63) is 59.9 Å². The highest BCUT2D eigenvalue weighted by atomic mass is 32.2. The summed E-state index contributed by atoms with van der Waals surface area (Å²) in [5.41, 5.74) is 1.46. The summed E-state index contributed by atoms with van der Waals surface area (Å²) in [7, 11) is -3.70. The molecule has 0 aliphatic carbocycles. The van der Waals surface area contributed by atoms with Crippen LogP contribution in [0.5, 0.6) is 0 Å². The van der Waals surface area contributed by atoms with Gasteiger partial charge in [0.25, 0.3) is 0 Å². The summed E-state index contributed by atoms with van der Waals surface area (Å²) in [6.45, 7) is 1.23. The Balaban J connectivity index is 1.72. The molecule has 26 heavy (non-hydrogen) atoms. The zero-order valence-corrected chi connectivity index (χ0v) is 15.3. The largest absolute Gasteiger partial charge is 0.324 e. The van der Waals surface area contributed by atoms with Crippen LogP contribution in [-0.2, 0) is 9.84 Å². The van der Waals surface area contributed by atoms with Crippen LogP contribution in [0.25, 0.3) is 0 Å². The molecule has 1 atom stereocenters. The average Bonchev–Trinajstić information content (AvgIpc) is 2.63. The van der Waals surface area contributed by atoms with Crippen molar-refractivity contribution in [1.29, 1.82) is 0 Å². The van der Waals surface area contributed by atoms with Gasteiger partial charge in [-0.05, 0) is 36.6 Å². The summed E-state index contributed by atoms with van der Waals surface area (Å²) in [6.07, 6.45) is 2.85. The van der Waals surface area contributed by atoms with Crippen LogP contribution in [0, 0.1) is 5.82 Å². The van der Waals surface area contributed by atoms with Crippen LogP contribution in [0.15, 0.2) is 53.4 Å². The van der Waals surface area contributed by atoms with E-state index in [4.69, 9.17) is 0 Å². The van der Waals surface area contributed by atoms with E-state index in [0.29, 0.717) is 13.1 Å². The van der Waals surface area contributed by atoms with Crippen molar-refractivity contribution in [2.75, 3.05) is 24.7 Å². The third kappa shape index (κ3) is 4.22. The van der Waals surface area contributed by atoms with Crippen molar-refractivity contribution in [2.24, 2.45) is 0 Å². The SMILES string of the molecule is CS(=O)(=O)c1cc(NC(=O)N2CCCC(c3ccccc3)C2)ccc1F. The Hall–Kier alpha value is -2.41. The highest BCUT2D eigenvalue weighted by Crippen LogP contribution is 2.27. The van der Waals surface area contributed by atoms with Gasteiger partial charge in [0.1, 0.15) is 10.7 Å². The minimum atomic E-state index is -3.70. The zero-order valence-electron chi connectivity index (χ0n) is 14.5. The number of piperidine rings is 1. The van der Waals surface area contributed by atoms with Crippen LogP contribution in [0.3, 0.4) is 0 Å². The molecule has 0 saturated carbocycles. The molecule has 0 radical (unpaired) electrons. The molecule has 2 aromatic rings. The van der Waals surface area contributed by atoms with Gasteiger partial charge in [0, 0.05) is 31.0 Å². The predicted molar refractivity (Wildman–Crippen MR) is 98.5 cm³/mol. The van der Waals surface area contributed by atoms with Crippen molar-refractivity contribution >= 4 is 21.6 Å². The van der Waals surface area contributed by atoms with Crippen LogP contribution in [0.4, 0.5) is 14.9 Å². The van der Waals surface area contributed by atoms with Gasteiger partial charge in [0.2, 0.25) is 0 Å². The van der Waals surface area contributed by atoms with E-state index < -0.39 is 20.5 Å². The monoisotopic (exact) mass is 376 g/mol. The number of sulfone groups is 1. The Bertz CT molecular complexity index is 900. The van der Waals surface area contributed by atoms with Gasteiger partial charge in [-0.15, -0.1) is 0 Å². The lowest BCUT2D eigenvalue weighted by Crippen LogP contribution is -2.41. The molecule has 1 aliphatic rings. The molecule has 0 aromatic heterocycles. The van der Waals surface area contributed by atoms with Gasteiger partial charge in [-0.2, -0.15) is 0 Å². The quantitative estimate of drug-likeness (QED) is 0.889. The number of nitrogens with zero attached hydrogens (tertiary/aromatic N) is 1. The number of urea groups is 1. The number of carbonyl (C=O) groups is 1. The third-order valence-electron chi connectivity index (χ3n) is 4.56. The molecule has 2 amide bonds. The molecule has 1 unspecified atom stereocenters. The average molecular weight is 376 g/mol. The molecule has 0 spiro atoms. The number of hydrogen-bond donors (Lipinski definition) is 1. The van der Waals surface area contributed by atoms with Crippen molar-refractivity contribution in [1.82, 2.24) is 4.90 Å². The number of carbonyl (C=O) groups excluding carboxylic acids is 1. The van der Waals surface area contributed by atoms with E-state index in [0.717, 1.165) is 31.2 Å². The summed E-state index contributed by atoms with van der Waals surface area (Å²) in [5.74, 6) is -0.553. The zero-order chi connectivity index (χ0) is 18.7. The molecular weight excluding hydrogens is 355 g/mol. The van der Waals surface area contributed by atoms with E-state index in [1.54, 1.807) is 4.90 Å². The van der Waals surface area contributed by atoms with Gasteiger partial charge >= 0.3 is 6.03 Å². The summed E-state index contributed by atoms with van der Waals surface area (Å²) in [4.78, 5) is 13.9. The Morgan fingerprint density at radius 3 is 2.62 bits per heavy atom. The molecular formula is C19H21FN2O3S. The number of anilines is 1. The van der Waals surface area contributed by atoms with E-state index in [2.05, 4.69) is 17.4 Å². The standard InChI is InChI=1S/C19H21FN2O3S/c1-26(24,25)18-12-16(9-10-17(18)20)21-19(23)22-11-5-8-15(13-22)14-6-3-2-4-7-14/h2-4,6-7,9-10,12,15H,5,8,11,13H2,1H3,(H,21,23). The number of rotatable bonds is 3. The molecule has 7 heteroatoms. The van der Waals surface area contributed by atoms with Crippen molar-refractivity contribution in [3.8, 4) is 0 Å². The van der Waals surface area contributed by atoms with Crippen LogP contribution < -0.4 is 5.32 Å². The molecule has 1 fully saturated rings. The fraction of sp³-hybridized carbons (Fsp3) is 0.316. The first-order valence-electron chi connectivity index (χ1n) is 8.45. The molecule has 1 N–H and O–H groups in total. The van der Waals surface area contributed by atoms with Crippen molar-refractivity contribution in [3.63, 3.8) is 0 Å². The lowest BCUT2D eigenvalue weighted by molar-refractivity contribution is 0.193. The number of benzene rings is 2. The molecule has 5 nitrogen and oxygen atoms in total. The van der Waals surface area contributed by atoms with E-state index in [1.165, 1.54) is 11.6 Å². The fourth-order valence-electron chi connectivity index (χ4n) is 3.23. The van der Waals surface area contributed by atoms with Gasteiger partial charge in [0.05, 0.1) is 0 Å². The van der Waals surface area contributed by atoms with Crippen LogP contribution in [0.2, 0.25) is 0 Å². The van der Waals surface area contributed by atoms with E-state index in [9.17, 15) is 17.6 Å². The Kier molecular flexibility index (Phi) is 5.27. The number of likely N-dealkylation sites (tertiary alicyclic amines) is 1. The van der Waals surface area contributed by atoms with E-state index in [-0.39, 0.29) is 17.6 Å². The van der Waals surface area contributed by atoms with Gasteiger partial charge in [-0.3, -0.25) is 0 Å². The Morgan fingerprint density at radius 1 is 1.19 bits per heavy atom. The number of hydrogen-bond acceptors (Lipinski definition) is 3. The smallest absolute Gasteiger partial charge is 0.321 e. The molecule has 1 saturated heterocycles. The summed E-state index contributed by atoms with van der Waals surface area (Å²) >= 11 is 0. The second-order valence-corrected chi connectivity index (χ2v) is 8.53. The fourth-order valence-corrected chi connectivity index (χ4v) is 3.99. The van der Waals surface area contributed by atoms with E-state index in [1.807, 2.05) is 18.2 Å². The van der Waals surface area contributed by atoms with Gasteiger partial charge in [-0.1, -0.05) is 30.3 Å². The molecule has 1 heterocycles. The summed E-state index contributed by atoms with van der Waals surface area (Å²) in [5, 5.41) is 2.68. The summed E-state index contributed by atoms with van der Waals surface area (Å²) < 4.78 is 37.0. The van der Waals surface area contributed by atoms with Gasteiger partial charge in [0.15, 0.2) is 9.84 Å². The van der Waals surface area contributed by atoms with E-state index >= 15 is 0 Å². The van der Waals surface area contributed by atoms with Crippen LogP contribution in [0.1, 0.15) is 24.3 Å². The first kappa shape index (κ1) is 18.4. The maximum absolute atomic E-state index is 13.7. The highest BCUT2D eigenvalue weighted by Gasteiger charge is 2.25. The third-order valence-corrected chi connectivity index (χ3v) is 5.67. The lowest BCUT2D eigenvalue weighted by Gasteiger charge is -2.33. The first-order chi connectivity index (χ1) is 12.3. The Morgan fingerprint density at radius 2 is 1.92 bits per heavy atom. The molecule has 3 rings (SSSR count). The summed E-state index contributed by atoms with van der Waals surface area (Å²) in [6, 6.07) is 13.3. The minimum Gasteiger partial charge on any atom is -0.324 e. The van der Waals surface area contributed by atoms with Gasteiger partial charge < -0.3 is 10.2 Å². The number of nitrogens with one attached hydrogen (secondary N) is 1. The number of amides is 2. The molecule has 0 bridgehead atoms. The predicted octanol–water partition coefficient (Wildman–Crippen LogP) is 3.64. The molecule has 1 aliphatic heterocycles.